The maximum absolute atomic E-state index is 4.43. The Bertz CT molecular complexity index is 526. The molecule has 5 nitrogen and oxygen atoms in total. The molecule has 2 aromatic rings. The van der Waals surface area contributed by atoms with Crippen LogP contribution in [0, 0.1) is 6.92 Å². The van der Waals surface area contributed by atoms with Gasteiger partial charge >= 0.3 is 0 Å². The highest BCUT2D eigenvalue weighted by molar-refractivity contribution is 5.45. The Morgan fingerprint density at radius 2 is 2.16 bits per heavy atom. The van der Waals surface area contributed by atoms with Gasteiger partial charge in [-0.25, -0.2) is 0 Å². The highest BCUT2D eigenvalue weighted by Gasteiger charge is 2.09. The fourth-order valence-corrected chi connectivity index (χ4v) is 2.09. The average molecular weight is 261 g/mol. The van der Waals surface area contributed by atoms with E-state index in [-0.39, 0.29) is 0 Å². The normalized spacial score (nSPS) is 12.6. The minimum atomic E-state index is 0.436. The van der Waals surface area contributed by atoms with Crippen LogP contribution in [0.5, 0.6) is 0 Å². The zero-order chi connectivity index (χ0) is 13.8. The molecule has 0 aliphatic rings. The summed E-state index contributed by atoms with van der Waals surface area (Å²) in [7, 11) is 0. The minimum absolute atomic E-state index is 0.436. The molecule has 1 N–H and O–H groups in total. The third kappa shape index (κ3) is 2.97. The van der Waals surface area contributed by atoms with Crippen LogP contribution >= 0.6 is 0 Å². The van der Waals surface area contributed by atoms with Gasteiger partial charge in [-0.2, -0.15) is 10.2 Å². The van der Waals surface area contributed by atoms with E-state index < -0.39 is 0 Å². The minimum Gasteiger partial charge on any atom is -0.377 e. The van der Waals surface area contributed by atoms with Gasteiger partial charge in [-0.1, -0.05) is 6.92 Å². The number of aryl methyl sites for hydroxylation is 2. The van der Waals surface area contributed by atoms with Crippen LogP contribution in [0.15, 0.2) is 18.5 Å². The van der Waals surface area contributed by atoms with Crippen molar-refractivity contribution < 1.29 is 0 Å². The van der Waals surface area contributed by atoms with Gasteiger partial charge in [0, 0.05) is 25.0 Å². The zero-order valence-electron chi connectivity index (χ0n) is 12.2. The van der Waals surface area contributed by atoms with E-state index in [4.69, 9.17) is 0 Å². The highest BCUT2D eigenvalue weighted by Crippen LogP contribution is 2.16. The van der Waals surface area contributed by atoms with Crippen molar-refractivity contribution in [1.82, 2.24) is 19.6 Å². The molecule has 0 amide bonds. The summed E-state index contributed by atoms with van der Waals surface area (Å²) in [5.74, 6) is 0. The topological polar surface area (TPSA) is 47.7 Å². The first-order valence-electron chi connectivity index (χ1n) is 6.96. The Kier molecular flexibility index (Phi) is 4.24. The van der Waals surface area contributed by atoms with Gasteiger partial charge in [-0.3, -0.25) is 9.36 Å². The second kappa shape index (κ2) is 5.91. The predicted octanol–water partition coefficient (Wildman–Crippen LogP) is 2.99. The van der Waals surface area contributed by atoms with E-state index in [1.54, 1.807) is 0 Å². The van der Waals surface area contributed by atoms with Gasteiger partial charge < -0.3 is 5.32 Å². The van der Waals surface area contributed by atoms with Gasteiger partial charge in [0.15, 0.2) is 0 Å². The van der Waals surface area contributed by atoms with Crippen molar-refractivity contribution in [3.05, 3.63) is 29.8 Å². The molecule has 0 aromatic carbocycles. The molecular weight excluding hydrogens is 238 g/mol. The fraction of sp³-hybridized carbons (Fsp3) is 0.571. The van der Waals surface area contributed by atoms with E-state index >= 15 is 0 Å². The van der Waals surface area contributed by atoms with E-state index in [0.29, 0.717) is 6.04 Å². The average Bonchev–Trinajstić information content (AvgIpc) is 3.01. The SMILES string of the molecule is CC[C@H](C)n1nccc1CNc1cn(CC)nc1C. The molecule has 19 heavy (non-hydrogen) atoms. The Labute approximate surface area is 114 Å². The van der Waals surface area contributed by atoms with Crippen LogP contribution in [-0.4, -0.2) is 19.6 Å². The maximum Gasteiger partial charge on any atom is 0.0825 e. The summed E-state index contributed by atoms with van der Waals surface area (Å²) >= 11 is 0. The van der Waals surface area contributed by atoms with Gasteiger partial charge in [-0.05, 0) is 33.3 Å². The molecule has 2 heterocycles. The number of aromatic nitrogens is 4. The maximum atomic E-state index is 4.43. The lowest BCUT2D eigenvalue weighted by atomic mass is 10.2. The fourth-order valence-electron chi connectivity index (χ4n) is 2.09. The van der Waals surface area contributed by atoms with Gasteiger partial charge in [0.25, 0.3) is 0 Å². The lowest BCUT2D eigenvalue weighted by molar-refractivity contribution is 0.462. The molecule has 0 saturated carbocycles. The Morgan fingerprint density at radius 1 is 1.37 bits per heavy atom. The molecule has 0 unspecified atom stereocenters. The van der Waals surface area contributed by atoms with E-state index in [9.17, 15) is 0 Å². The van der Waals surface area contributed by atoms with Gasteiger partial charge in [0.2, 0.25) is 0 Å². The highest BCUT2D eigenvalue weighted by atomic mass is 15.3. The number of nitrogens with one attached hydrogen (secondary N) is 1. The van der Waals surface area contributed by atoms with Crippen LogP contribution in [0.4, 0.5) is 5.69 Å². The van der Waals surface area contributed by atoms with E-state index in [1.165, 1.54) is 5.69 Å². The summed E-state index contributed by atoms with van der Waals surface area (Å²) in [6.07, 6.45) is 5.01. The van der Waals surface area contributed by atoms with Crippen molar-refractivity contribution in [2.75, 3.05) is 5.32 Å². The Morgan fingerprint density at radius 3 is 2.79 bits per heavy atom. The van der Waals surface area contributed by atoms with Crippen molar-refractivity contribution in [1.29, 1.82) is 0 Å². The van der Waals surface area contributed by atoms with Gasteiger partial charge in [-0.15, -0.1) is 0 Å². The van der Waals surface area contributed by atoms with E-state index in [1.807, 2.05) is 17.8 Å². The number of rotatable bonds is 6. The quantitative estimate of drug-likeness (QED) is 0.869. The first kappa shape index (κ1) is 13.6. The molecule has 0 aliphatic heterocycles. The Hall–Kier alpha value is -1.78. The van der Waals surface area contributed by atoms with Crippen LogP contribution in [0.25, 0.3) is 0 Å². The molecule has 104 valence electrons. The van der Waals surface area contributed by atoms with Crippen molar-refractivity contribution in [3.63, 3.8) is 0 Å². The van der Waals surface area contributed by atoms with Gasteiger partial charge in [0.1, 0.15) is 0 Å². The molecule has 0 aliphatic carbocycles. The summed E-state index contributed by atoms with van der Waals surface area (Å²) in [4.78, 5) is 0. The smallest absolute Gasteiger partial charge is 0.0825 e. The molecule has 2 rings (SSSR count). The molecule has 2 aromatic heterocycles. The van der Waals surface area contributed by atoms with Crippen LogP contribution in [0.3, 0.4) is 0 Å². The molecule has 1 atom stereocenters. The molecule has 0 bridgehead atoms. The standard InChI is InChI=1S/C14H23N5/c1-5-11(3)19-13(7-8-16-19)9-15-14-10-18(6-2)17-12(14)4/h7-8,10-11,15H,5-6,9H2,1-4H3/t11-/m0/s1. The third-order valence-corrected chi connectivity index (χ3v) is 3.49. The summed E-state index contributed by atoms with van der Waals surface area (Å²) in [5.41, 5.74) is 3.34. The summed E-state index contributed by atoms with van der Waals surface area (Å²) < 4.78 is 4.04. The van der Waals surface area contributed by atoms with Crippen LogP contribution in [-0.2, 0) is 13.1 Å². The molecular formula is C14H23N5. The first-order chi connectivity index (χ1) is 9.15. The first-order valence-corrected chi connectivity index (χ1v) is 6.96. The Balaban J connectivity index is 2.06. The van der Waals surface area contributed by atoms with Gasteiger partial charge in [0.05, 0.1) is 23.6 Å². The monoisotopic (exact) mass is 261 g/mol. The molecule has 0 spiro atoms. The number of hydrogen-bond acceptors (Lipinski definition) is 3. The van der Waals surface area contributed by atoms with E-state index in [2.05, 4.69) is 53.2 Å². The number of nitrogens with zero attached hydrogens (tertiary/aromatic N) is 4. The van der Waals surface area contributed by atoms with Crippen molar-refractivity contribution in [2.45, 2.75) is 53.2 Å². The summed E-state index contributed by atoms with van der Waals surface area (Å²) in [5, 5.41) is 12.3. The van der Waals surface area contributed by atoms with Crippen LogP contribution in [0.1, 0.15) is 44.6 Å². The lowest BCUT2D eigenvalue weighted by Gasteiger charge is -2.14. The number of hydrogen-bond donors (Lipinski definition) is 1. The predicted molar refractivity (Wildman–Crippen MR) is 77.2 cm³/mol. The third-order valence-electron chi connectivity index (χ3n) is 3.49. The van der Waals surface area contributed by atoms with Crippen LogP contribution in [0.2, 0.25) is 0 Å². The molecule has 0 fully saturated rings. The molecule has 0 saturated heterocycles. The van der Waals surface area contributed by atoms with Crippen LogP contribution < -0.4 is 5.32 Å². The van der Waals surface area contributed by atoms with Crippen molar-refractivity contribution in [2.24, 2.45) is 0 Å². The summed E-state index contributed by atoms with van der Waals surface area (Å²) in [6.45, 7) is 10.2. The summed E-state index contributed by atoms with van der Waals surface area (Å²) in [6, 6.07) is 2.50. The molecule has 5 heteroatoms. The van der Waals surface area contributed by atoms with Crippen molar-refractivity contribution in [3.8, 4) is 0 Å². The number of anilines is 1. The zero-order valence-corrected chi connectivity index (χ0v) is 12.2. The van der Waals surface area contributed by atoms with Crippen molar-refractivity contribution >= 4 is 5.69 Å². The molecule has 0 radical (unpaired) electrons. The largest absolute Gasteiger partial charge is 0.377 e. The second-order valence-corrected chi connectivity index (χ2v) is 4.86. The van der Waals surface area contributed by atoms with E-state index in [0.717, 1.165) is 30.9 Å². The second-order valence-electron chi connectivity index (χ2n) is 4.86. The lowest BCUT2D eigenvalue weighted by Crippen LogP contribution is -2.12.